The van der Waals surface area contributed by atoms with Crippen molar-refractivity contribution in [2.45, 2.75) is 40.9 Å². The van der Waals surface area contributed by atoms with Gasteiger partial charge >= 0.3 is 11.9 Å². The van der Waals surface area contributed by atoms with Crippen molar-refractivity contribution in [2.24, 2.45) is 0 Å². The van der Waals surface area contributed by atoms with Crippen molar-refractivity contribution in [1.82, 2.24) is 0 Å². The van der Waals surface area contributed by atoms with Gasteiger partial charge in [0.15, 0.2) is 0 Å². The highest BCUT2D eigenvalue weighted by molar-refractivity contribution is 5.95. The number of benzene rings is 2. The van der Waals surface area contributed by atoms with E-state index in [9.17, 15) is 9.59 Å². The molecule has 0 aliphatic carbocycles. The van der Waals surface area contributed by atoms with E-state index in [2.05, 4.69) is 0 Å². The Kier molecular flexibility index (Phi) is 5.74. The van der Waals surface area contributed by atoms with Crippen LogP contribution < -0.4 is 0 Å². The molecule has 126 valence electrons. The Morgan fingerprint density at radius 3 is 1.42 bits per heavy atom. The van der Waals surface area contributed by atoms with Crippen LogP contribution in [0.5, 0.6) is 0 Å². The van der Waals surface area contributed by atoms with Crippen LogP contribution in [0.4, 0.5) is 0 Å². The number of hydrogen-bond donors (Lipinski definition) is 0. The Balaban J connectivity index is 0.000000487. The maximum Gasteiger partial charge on any atom is 0.338 e. The molecule has 2 aliphatic heterocycles. The molecular weight excluding hydrogens is 304 g/mol. The molecule has 0 spiro atoms. The summed E-state index contributed by atoms with van der Waals surface area (Å²) in [6.07, 6.45) is 0. The fourth-order valence-electron chi connectivity index (χ4n) is 2.63. The van der Waals surface area contributed by atoms with Gasteiger partial charge in [0.2, 0.25) is 0 Å². The van der Waals surface area contributed by atoms with Crippen molar-refractivity contribution in [2.75, 3.05) is 0 Å². The van der Waals surface area contributed by atoms with Gasteiger partial charge in [-0.2, -0.15) is 0 Å². The normalized spacial score (nSPS) is 13.5. The second kappa shape index (κ2) is 7.77. The molecule has 0 amide bonds. The summed E-state index contributed by atoms with van der Waals surface area (Å²) in [6.45, 7) is 8.66. The Labute approximate surface area is 142 Å². The highest BCUT2D eigenvalue weighted by Crippen LogP contribution is 2.30. The van der Waals surface area contributed by atoms with Gasteiger partial charge in [-0.05, 0) is 35.4 Å². The molecule has 2 aromatic carbocycles. The number of esters is 2. The summed E-state index contributed by atoms with van der Waals surface area (Å²) in [5.74, 6) is -0.529. The van der Waals surface area contributed by atoms with Crippen molar-refractivity contribution in [3.63, 3.8) is 0 Å². The molecule has 24 heavy (non-hydrogen) atoms. The lowest BCUT2D eigenvalue weighted by Crippen LogP contribution is -1.94. The van der Waals surface area contributed by atoms with Gasteiger partial charge in [0.1, 0.15) is 13.2 Å². The van der Waals surface area contributed by atoms with Crippen LogP contribution in [0.15, 0.2) is 36.4 Å². The van der Waals surface area contributed by atoms with Gasteiger partial charge in [0.25, 0.3) is 0 Å². The summed E-state index contributed by atoms with van der Waals surface area (Å²) in [5, 5.41) is 0. The van der Waals surface area contributed by atoms with Crippen LogP contribution >= 0.6 is 0 Å². The number of carbonyl (C=O) groups is 2. The lowest BCUT2D eigenvalue weighted by atomic mass is 9.97. The third-order valence-corrected chi connectivity index (χ3v) is 3.70. The second-order valence-electron chi connectivity index (χ2n) is 4.90. The Hall–Kier alpha value is -2.62. The van der Waals surface area contributed by atoms with Crippen LogP contribution in [-0.2, 0) is 22.7 Å². The molecule has 0 fully saturated rings. The Morgan fingerprint density at radius 2 is 1.04 bits per heavy atom. The van der Waals surface area contributed by atoms with Gasteiger partial charge in [-0.1, -0.05) is 39.8 Å². The summed E-state index contributed by atoms with van der Waals surface area (Å²) in [5.41, 5.74) is 5.08. The lowest BCUT2D eigenvalue weighted by molar-refractivity contribution is 0.0526. The Morgan fingerprint density at radius 1 is 0.667 bits per heavy atom. The molecule has 2 aliphatic rings. The van der Waals surface area contributed by atoms with Gasteiger partial charge in [-0.3, -0.25) is 0 Å². The molecule has 0 atom stereocenters. The number of fused-ring (bicyclic) bond motifs is 2. The van der Waals surface area contributed by atoms with E-state index in [0.29, 0.717) is 24.3 Å². The first-order chi connectivity index (χ1) is 11.7. The number of cyclic esters (lactones) is 2. The standard InChI is InChI=1S/C16H10O4.2C2H6/c17-15-13-3-1-9(5-11(13)7-19-15)10-2-4-14-12(6-10)8-20-16(14)18;2*1-2/h1-6H,7-8H2;2*1-2H3. The number of hydrogen-bond acceptors (Lipinski definition) is 4. The van der Waals surface area contributed by atoms with E-state index in [1.54, 1.807) is 12.1 Å². The van der Waals surface area contributed by atoms with E-state index in [0.717, 1.165) is 22.3 Å². The maximum absolute atomic E-state index is 11.4. The van der Waals surface area contributed by atoms with Crippen LogP contribution in [0.1, 0.15) is 59.5 Å². The molecule has 0 saturated heterocycles. The van der Waals surface area contributed by atoms with Crippen molar-refractivity contribution in [3.8, 4) is 11.1 Å². The molecule has 0 bridgehead atoms. The van der Waals surface area contributed by atoms with Gasteiger partial charge in [-0.15, -0.1) is 0 Å². The minimum Gasteiger partial charge on any atom is -0.457 e. The first kappa shape index (κ1) is 17.7. The average molecular weight is 326 g/mol. The van der Waals surface area contributed by atoms with Crippen LogP contribution in [0.2, 0.25) is 0 Å². The summed E-state index contributed by atoms with van der Waals surface area (Å²) >= 11 is 0. The molecular formula is C20H22O4. The van der Waals surface area contributed by atoms with Gasteiger partial charge in [0, 0.05) is 11.1 Å². The minimum absolute atomic E-state index is 0.264. The SMILES string of the molecule is CC.CC.O=C1OCc2cc(-c3ccc4c(c3)COC4=O)ccc21. The fraction of sp³-hybridized carbons (Fsp3) is 0.300. The Bertz CT molecular complexity index is 697. The molecule has 4 rings (SSSR count). The van der Waals surface area contributed by atoms with Crippen molar-refractivity contribution >= 4 is 11.9 Å². The molecule has 0 saturated carbocycles. The molecule has 0 radical (unpaired) electrons. The predicted octanol–water partition coefficient (Wildman–Crippen LogP) is 4.75. The number of rotatable bonds is 1. The van der Waals surface area contributed by atoms with Crippen LogP contribution in [0.25, 0.3) is 11.1 Å². The van der Waals surface area contributed by atoms with E-state index >= 15 is 0 Å². The highest BCUT2D eigenvalue weighted by atomic mass is 16.5. The quantitative estimate of drug-likeness (QED) is 0.710. The van der Waals surface area contributed by atoms with Crippen molar-refractivity contribution in [1.29, 1.82) is 0 Å². The number of ether oxygens (including phenoxy) is 2. The fourth-order valence-corrected chi connectivity index (χ4v) is 2.63. The molecule has 0 N–H and O–H groups in total. The zero-order valence-electron chi connectivity index (χ0n) is 14.5. The third-order valence-electron chi connectivity index (χ3n) is 3.70. The van der Waals surface area contributed by atoms with E-state index < -0.39 is 0 Å². The summed E-state index contributed by atoms with van der Waals surface area (Å²) in [6, 6.07) is 11.3. The summed E-state index contributed by atoms with van der Waals surface area (Å²) in [4.78, 5) is 22.9. The zero-order valence-corrected chi connectivity index (χ0v) is 14.5. The predicted molar refractivity (Wildman–Crippen MR) is 92.8 cm³/mol. The largest absolute Gasteiger partial charge is 0.457 e. The molecule has 0 unspecified atom stereocenters. The van der Waals surface area contributed by atoms with E-state index in [-0.39, 0.29) is 11.9 Å². The summed E-state index contributed by atoms with van der Waals surface area (Å²) < 4.78 is 10.00. The topological polar surface area (TPSA) is 52.6 Å². The molecule has 2 heterocycles. The van der Waals surface area contributed by atoms with Gasteiger partial charge < -0.3 is 9.47 Å². The van der Waals surface area contributed by atoms with Crippen LogP contribution in [0.3, 0.4) is 0 Å². The first-order valence-electron chi connectivity index (χ1n) is 8.33. The maximum atomic E-state index is 11.4. The zero-order chi connectivity index (χ0) is 17.7. The lowest BCUT2D eigenvalue weighted by Gasteiger charge is -2.05. The molecule has 0 aromatic heterocycles. The van der Waals surface area contributed by atoms with Crippen LogP contribution in [0, 0.1) is 0 Å². The first-order valence-corrected chi connectivity index (χ1v) is 8.33. The number of carbonyl (C=O) groups excluding carboxylic acids is 2. The monoisotopic (exact) mass is 326 g/mol. The van der Waals surface area contributed by atoms with E-state index in [1.807, 2.05) is 52.0 Å². The third kappa shape index (κ3) is 3.18. The van der Waals surface area contributed by atoms with Crippen molar-refractivity contribution in [3.05, 3.63) is 58.7 Å². The second-order valence-corrected chi connectivity index (χ2v) is 4.90. The average Bonchev–Trinajstić information content (AvgIpc) is 3.21. The van der Waals surface area contributed by atoms with E-state index in [1.165, 1.54) is 0 Å². The smallest absolute Gasteiger partial charge is 0.338 e. The minimum atomic E-state index is -0.264. The van der Waals surface area contributed by atoms with Crippen LogP contribution in [-0.4, -0.2) is 11.9 Å². The molecule has 4 heteroatoms. The van der Waals surface area contributed by atoms with Gasteiger partial charge in [0.05, 0.1) is 11.1 Å². The van der Waals surface area contributed by atoms with E-state index in [4.69, 9.17) is 9.47 Å². The molecule has 4 nitrogen and oxygen atoms in total. The van der Waals surface area contributed by atoms with Gasteiger partial charge in [-0.25, -0.2) is 9.59 Å². The van der Waals surface area contributed by atoms with Crippen molar-refractivity contribution < 1.29 is 19.1 Å². The molecule has 2 aromatic rings. The highest BCUT2D eigenvalue weighted by Gasteiger charge is 2.23. The summed E-state index contributed by atoms with van der Waals surface area (Å²) in [7, 11) is 0.